The molecule has 9 rings (SSSR count). The molecule has 0 unspecified atom stereocenters. The van der Waals surface area contributed by atoms with Gasteiger partial charge in [-0.05, 0) is 64.7 Å². The van der Waals surface area contributed by atoms with Crippen LogP contribution >= 0.6 is 0 Å². The molecule has 9 aromatic rings. The lowest BCUT2D eigenvalue weighted by Crippen LogP contribution is -1.93. The number of aromatic nitrogens is 3. The Labute approximate surface area is 267 Å². The molecule has 0 atom stereocenters. The Morgan fingerprint density at radius 1 is 0.391 bits per heavy atom. The fourth-order valence-corrected chi connectivity index (χ4v) is 6.77. The maximum Gasteiger partial charge on any atom is 0.137 e. The van der Waals surface area contributed by atoms with Gasteiger partial charge in [0.15, 0.2) is 0 Å². The summed E-state index contributed by atoms with van der Waals surface area (Å²) in [6, 6.07) is 60.5. The summed E-state index contributed by atoms with van der Waals surface area (Å²) < 4.78 is 4.55. The highest BCUT2D eigenvalue weighted by atomic mass is 15.0. The molecule has 3 heteroatoms. The topological polar surface area (TPSA) is 22.2 Å². The standard InChI is InChI=1S/C43H29N3/c1-3-12-32(13-4-1)43-42(44-41-20-9-10-27-45(41)43)31-23-21-30(22-24-31)33-14-11-15-34(28-33)35-25-26-38-37-18-7-8-19-39(37)46(40(38)29-35)36-16-5-2-6-17-36/h1-29H. The van der Waals surface area contributed by atoms with Crippen molar-refractivity contribution >= 4 is 27.5 Å². The van der Waals surface area contributed by atoms with Crippen molar-refractivity contribution in [1.29, 1.82) is 0 Å². The van der Waals surface area contributed by atoms with E-state index in [1.54, 1.807) is 0 Å². The fourth-order valence-electron chi connectivity index (χ4n) is 6.77. The van der Waals surface area contributed by atoms with Crippen LogP contribution in [0.4, 0.5) is 0 Å². The summed E-state index contributed by atoms with van der Waals surface area (Å²) in [5.74, 6) is 0. The maximum absolute atomic E-state index is 5.05. The van der Waals surface area contributed by atoms with Crippen LogP contribution in [-0.2, 0) is 0 Å². The van der Waals surface area contributed by atoms with Crippen LogP contribution in [-0.4, -0.2) is 14.0 Å². The van der Waals surface area contributed by atoms with E-state index in [9.17, 15) is 0 Å². The van der Waals surface area contributed by atoms with Gasteiger partial charge in [0, 0.05) is 33.8 Å². The molecule has 3 heterocycles. The minimum Gasteiger partial charge on any atom is -0.309 e. The van der Waals surface area contributed by atoms with E-state index in [0.29, 0.717) is 0 Å². The smallest absolute Gasteiger partial charge is 0.137 e. The van der Waals surface area contributed by atoms with Gasteiger partial charge in [0.2, 0.25) is 0 Å². The molecule has 0 saturated carbocycles. The van der Waals surface area contributed by atoms with Crippen molar-refractivity contribution in [3.63, 3.8) is 0 Å². The minimum absolute atomic E-state index is 0.941. The summed E-state index contributed by atoms with van der Waals surface area (Å²) in [5.41, 5.74) is 13.6. The van der Waals surface area contributed by atoms with Crippen LogP contribution in [0.25, 0.3) is 77.9 Å². The van der Waals surface area contributed by atoms with Gasteiger partial charge in [0.25, 0.3) is 0 Å². The fraction of sp³-hybridized carbons (Fsp3) is 0. The number of para-hydroxylation sites is 2. The SMILES string of the molecule is c1ccc(-c2c(-c3ccc(-c4cccc(-c5ccc6c7ccccc7n(-c7ccccc7)c6c5)c4)cc3)nc3ccccn23)cc1. The van der Waals surface area contributed by atoms with Gasteiger partial charge < -0.3 is 4.57 Å². The molecule has 0 fully saturated rings. The third kappa shape index (κ3) is 4.33. The first-order chi connectivity index (χ1) is 22.8. The molecule has 0 aliphatic carbocycles. The number of fused-ring (bicyclic) bond motifs is 4. The number of hydrogen-bond acceptors (Lipinski definition) is 1. The Bertz CT molecular complexity index is 2500. The molecule has 3 aromatic heterocycles. The number of nitrogens with zero attached hydrogens (tertiary/aromatic N) is 3. The van der Waals surface area contributed by atoms with E-state index in [4.69, 9.17) is 4.98 Å². The van der Waals surface area contributed by atoms with Crippen molar-refractivity contribution in [2.24, 2.45) is 0 Å². The van der Waals surface area contributed by atoms with Gasteiger partial charge >= 0.3 is 0 Å². The Morgan fingerprint density at radius 2 is 1.00 bits per heavy atom. The van der Waals surface area contributed by atoms with Crippen molar-refractivity contribution < 1.29 is 0 Å². The molecule has 216 valence electrons. The van der Waals surface area contributed by atoms with Crippen molar-refractivity contribution in [1.82, 2.24) is 14.0 Å². The second-order valence-electron chi connectivity index (χ2n) is 11.7. The molecule has 0 saturated heterocycles. The van der Waals surface area contributed by atoms with Gasteiger partial charge in [0.05, 0.1) is 22.4 Å². The van der Waals surface area contributed by atoms with E-state index < -0.39 is 0 Å². The van der Waals surface area contributed by atoms with Crippen LogP contribution in [0.15, 0.2) is 176 Å². The van der Waals surface area contributed by atoms with Gasteiger partial charge in [-0.3, -0.25) is 4.40 Å². The summed E-state index contributed by atoms with van der Waals surface area (Å²) in [7, 11) is 0. The first-order valence-corrected chi connectivity index (χ1v) is 15.6. The third-order valence-corrected chi connectivity index (χ3v) is 8.95. The second-order valence-corrected chi connectivity index (χ2v) is 11.7. The summed E-state index contributed by atoms with van der Waals surface area (Å²) in [6.45, 7) is 0. The second kappa shape index (κ2) is 10.8. The quantitative estimate of drug-likeness (QED) is 0.196. The van der Waals surface area contributed by atoms with E-state index in [-0.39, 0.29) is 0 Å². The van der Waals surface area contributed by atoms with E-state index in [1.165, 1.54) is 49.7 Å². The predicted octanol–water partition coefficient (Wildman–Crippen LogP) is 11.1. The molecule has 0 aliphatic rings. The molecule has 6 aromatic carbocycles. The van der Waals surface area contributed by atoms with Crippen LogP contribution in [0.2, 0.25) is 0 Å². The number of pyridine rings is 1. The number of imidazole rings is 1. The monoisotopic (exact) mass is 587 g/mol. The van der Waals surface area contributed by atoms with Crippen LogP contribution in [0.5, 0.6) is 0 Å². The molecule has 46 heavy (non-hydrogen) atoms. The van der Waals surface area contributed by atoms with E-state index in [0.717, 1.165) is 28.2 Å². The third-order valence-electron chi connectivity index (χ3n) is 8.95. The zero-order valence-corrected chi connectivity index (χ0v) is 25.1. The zero-order chi connectivity index (χ0) is 30.5. The molecule has 0 bridgehead atoms. The molecule has 0 spiro atoms. The zero-order valence-electron chi connectivity index (χ0n) is 25.1. The Balaban J connectivity index is 1.11. The van der Waals surface area contributed by atoms with Gasteiger partial charge in [-0.1, -0.05) is 127 Å². The Morgan fingerprint density at radius 3 is 1.83 bits per heavy atom. The van der Waals surface area contributed by atoms with Crippen molar-refractivity contribution in [3.8, 4) is 50.5 Å². The Kier molecular flexibility index (Phi) is 6.14. The number of rotatable bonds is 5. The maximum atomic E-state index is 5.05. The van der Waals surface area contributed by atoms with Crippen molar-refractivity contribution in [3.05, 3.63) is 176 Å². The van der Waals surface area contributed by atoms with Crippen molar-refractivity contribution in [2.45, 2.75) is 0 Å². The van der Waals surface area contributed by atoms with E-state index in [1.807, 2.05) is 6.07 Å². The molecular formula is C43H29N3. The lowest BCUT2D eigenvalue weighted by molar-refractivity contribution is 1.18. The van der Waals surface area contributed by atoms with Crippen LogP contribution in [0.3, 0.4) is 0 Å². The van der Waals surface area contributed by atoms with Crippen molar-refractivity contribution in [2.75, 3.05) is 0 Å². The van der Waals surface area contributed by atoms with Crippen LogP contribution in [0, 0.1) is 0 Å². The average molecular weight is 588 g/mol. The molecular weight excluding hydrogens is 558 g/mol. The normalized spacial score (nSPS) is 11.5. The highest BCUT2D eigenvalue weighted by Gasteiger charge is 2.16. The Hall–Kier alpha value is -6.19. The molecule has 0 amide bonds. The highest BCUT2D eigenvalue weighted by molar-refractivity contribution is 6.10. The molecule has 0 radical (unpaired) electrons. The summed E-state index contributed by atoms with van der Waals surface area (Å²) in [5, 5.41) is 2.53. The lowest BCUT2D eigenvalue weighted by atomic mass is 9.97. The van der Waals surface area contributed by atoms with E-state index >= 15 is 0 Å². The van der Waals surface area contributed by atoms with Crippen LogP contribution in [0.1, 0.15) is 0 Å². The predicted molar refractivity (Wildman–Crippen MR) is 191 cm³/mol. The largest absolute Gasteiger partial charge is 0.309 e. The summed E-state index contributed by atoms with van der Waals surface area (Å²) in [6.07, 6.45) is 2.09. The molecule has 0 aliphatic heterocycles. The van der Waals surface area contributed by atoms with Crippen LogP contribution < -0.4 is 0 Å². The van der Waals surface area contributed by atoms with Gasteiger partial charge in [-0.15, -0.1) is 0 Å². The summed E-state index contributed by atoms with van der Waals surface area (Å²) in [4.78, 5) is 5.05. The highest BCUT2D eigenvalue weighted by Crippen LogP contribution is 2.37. The lowest BCUT2D eigenvalue weighted by Gasteiger charge is -2.10. The van der Waals surface area contributed by atoms with Gasteiger partial charge in [-0.25, -0.2) is 4.98 Å². The minimum atomic E-state index is 0.941. The van der Waals surface area contributed by atoms with Gasteiger partial charge in [-0.2, -0.15) is 0 Å². The van der Waals surface area contributed by atoms with E-state index in [2.05, 4.69) is 179 Å². The average Bonchev–Trinajstić information content (AvgIpc) is 3.68. The number of hydrogen-bond donors (Lipinski definition) is 0. The first kappa shape index (κ1) is 26.2. The first-order valence-electron chi connectivity index (χ1n) is 15.6. The van der Waals surface area contributed by atoms with Gasteiger partial charge in [0.1, 0.15) is 5.65 Å². The molecule has 0 N–H and O–H groups in total. The summed E-state index contributed by atoms with van der Waals surface area (Å²) >= 11 is 0. The number of benzene rings is 6. The molecule has 3 nitrogen and oxygen atoms in total.